The Bertz CT molecular complexity index is 443. The maximum Gasteiger partial charge on any atom is 0.123 e. The van der Waals surface area contributed by atoms with Gasteiger partial charge in [0.2, 0.25) is 0 Å². The third kappa shape index (κ3) is 1.53. The summed E-state index contributed by atoms with van der Waals surface area (Å²) in [5, 5.41) is 4.30. The lowest BCUT2D eigenvalue weighted by molar-refractivity contribution is 0.627. The fraction of sp³-hybridized carbons (Fsp3) is 0.182. The molecule has 1 aromatic heterocycles. The molecule has 1 aromatic carbocycles. The summed E-state index contributed by atoms with van der Waals surface area (Å²) in [5.74, 6) is -0.227. The molecule has 0 saturated carbocycles. The van der Waals surface area contributed by atoms with Gasteiger partial charge in [-0.1, -0.05) is 0 Å². The monoisotopic (exact) mass is 190 g/mol. The number of rotatable bonds is 1. The van der Waals surface area contributed by atoms with Crippen LogP contribution in [0.15, 0.2) is 30.3 Å². The normalized spacial score (nSPS) is 10.5. The minimum absolute atomic E-state index is 0.227. The van der Waals surface area contributed by atoms with E-state index in [1.54, 1.807) is 16.8 Å². The molecule has 0 N–H and O–H groups in total. The number of halogens is 1. The SMILES string of the molecule is Cc1cc(C)n(-c2ccc(F)cc2)n1. The van der Waals surface area contributed by atoms with Gasteiger partial charge in [0.25, 0.3) is 0 Å². The van der Waals surface area contributed by atoms with Crippen LogP contribution in [0.25, 0.3) is 5.69 Å². The molecule has 0 amide bonds. The Hall–Kier alpha value is -1.64. The molecular formula is C11H11FN2. The maximum absolute atomic E-state index is 12.7. The fourth-order valence-corrected chi connectivity index (χ4v) is 1.47. The van der Waals surface area contributed by atoms with Crippen molar-refractivity contribution in [2.75, 3.05) is 0 Å². The van der Waals surface area contributed by atoms with Gasteiger partial charge in [-0.15, -0.1) is 0 Å². The van der Waals surface area contributed by atoms with Crippen molar-refractivity contribution in [2.45, 2.75) is 13.8 Å². The van der Waals surface area contributed by atoms with Crippen molar-refractivity contribution in [3.05, 3.63) is 47.5 Å². The molecule has 1 heterocycles. The van der Waals surface area contributed by atoms with Crippen LogP contribution in [-0.4, -0.2) is 9.78 Å². The van der Waals surface area contributed by atoms with E-state index in [0.717, 1.165) is 17.1 Å². The van der Waals surface area contributed by atoms with E-state index in [4.69, 9.17) is 0 Å². The van der Waals surface area contributed by atoms with E-state index in [2.05, 4.69) is 5.10 Å². The standard InChI is InChI=1S/C11H11FN2/c1-8-7-9(2)14(13-8)11-5-3-10(12)4-6-11/h3-7H,1-2H3. The molecule has 14 heavy (non-hydrogen) atoms. The molecule has 0 spiro atoms. The van der Waals surface area contributed by atoms with Crippen LogP contribution in [0.1, 0.15) is 11.4 Å². The second-order valence-electron chi connectivity index (χ2n) is 3.32. The minimum Gasteiger partial charge on any atom is -0.238 e. The molecule has 0 bridgehead atoms. The van der Waals surface area contributed by atoms with Crippen LogP contribution in [0.4, 0.5) is 4.39 Å². The highest BCUT2D eigenvalue weighted by molar-refractivity contribution is 5.33. The third-order valence-electron chi connectivity index (χ3n) is 2.08. The van der Waals surface area contributed by atoms with Gasteiger partial charge < -0.3 is 0 Å². The first-order chi connectivity index (χ1) is 6.66. The van der Waals surface area contributed by atoms with E-state index in [0.29, 0.717) is 0 Å². The molecule has 0 aliphatic rings. The Morgan fingerprint density at radius 1 is 1.14 bits per heavy atom. The Balaban J connectivity index is 2.49. The zero-order chi connectivity index (χ0) is 10.1. The lowest BCUT2D eigenvalue weighted by atomic mass is 10.3. The van der Waals surface area contributed by atoms with E-state index in [9.17, 15) is 4.39 Å². The number of hydrogen-bond acceptors (Lipinski definition) is 1. The Labute approximate surface area is 82.0 Å². The van der Waals surface area contributed by atoms with Crippen molar-refractivity contribution >= 4 is 0 Å². The molecule has 2 rings (SSSR count). The van der Waals surface area contributed by atoms with Crippen LogP contribution < -0.4 is 0 Å². The van der Waals surface area contributed by atoms with Crippen molar-refractivity contribution in [1.82, 2.24) is 9.78 Å². The van der Waals surface area contributed by atoms with Gasteiger partial charge in [0, 0.05) is 5.69 Å². The summed E-state index contributed by atoms with van der Waals surface area (Å²) in [6.07, 6.45) is 0. The average molecular weight is 190 g/mol. The predicted octanol–water partition coefficient (Wildman–Crippen LogP) is 2.63. The largest absolute Gasteiger partial charge is 0.238 e. The van der Waals surface area contributed by atoms with Crippen LogP contribution in [0.2, 0.25) is 0 Å². The van der Waals surface area contributed by atoms with Gasteiger partial charge in [0.05, 0.1) is 11.4 Å². The van der Waals surface area contributed by atoms with Crippen molar-refractivity contribution in [3.8, 4) is 5.69 Å². The van der Waals surface area contributed by atoms with Crippen LogP contribution >= 0.6 is 0 Å². The van der Waals surface area contributed by atoms with Gasteiger partial charge in [0.1, 0.15) is 5.82 Å². The second-order valence-corrected chi connectivity index (χ2v) is 3.32. The van der Waals surface area contributed by atoms with E-state index in [1.807, 2.05) is 19.9 Å². The molecule has 0 fully saturated rings. The molecule has 0 saturated heterocycles. The fourth-order valence-electron chi connectivity index (χ4n) is 1.47. The van der Waals surface area contributed by atoms with Gasteiger partial charge in [-0.25, -0.2) is 9.07 Å². The number of aryl methyl sites for hydroxylation is 2. The molecule has 0 aliphatic carbocycles. The Morgan fingerprint density at radius 2 is 1.79 bits per heavy atom. The molecule has 0 unspecified atom stereocenters. The van der Waals surface area contributed by atoms with E-state index < -0.39 is 0 Å². The summed E-state index contributed by atoms with van der Waals surface area (Å²) in [5.41, 5.74) is 2.90. The highest BCUT2D eigenvalue weighted by Crippen LogP contribution is 2.12. The molecule has 3 heteroatoms. The molecule has 72 valence electrons. The van der Waals surface area contributed by atoms with E-state index in [1.165, 1.54) is 12.1 Å². The van der Waals surface area contributed by atoms with Gasteiger partial charge in [0.15, 0.2) is 0 Å². The van der Waals surface area contributed by atoms with Crippen molar-refractivity contribution in [3.63, 3.8) is 0 Å². The minimum atomic E-state index is -0.227. The quantitative estimate of drug-likeness (QED) is 0.676. The van der Waals surface area contributed by atoms with Crippen molar-refractivity contribution < 1.29 is 4.39 Å². The molecule has 2 aromatic rings. The van der Waals surface area contributed by atoms with E-state index >= 15 is 0 Å². The first kappa shape index (κ1) is 8.94. The summed E-state index contributed by atoms with van der Waals surface area (Å²) in [4.78, 5) is 0. The maximum atomic E-state index is 12.7. The smallest absolute Gasteiger partial charge is 0.123 e. The van der Waals surface area contributed by atoms with Gasteiger partial charge in [-0.3, -0.25) is 0 Å². The number of benzene rings is 1. The topological polar surface area (TPSA) is 17.8 Å². The first-order valence-electron chi connectivity index (χ1n) is 4.46. The van der Waals surface area contributed by atoms with Crippen molar-refractivity contribution in [1.29, 1.82) is 0 Å². The third-order valence-corrected chi connectivity index (χ3v) is 2.08. The lowest BCUT2D eigenvalue weighted by Crippen LogP contribution is -1.98. The number of nitrogens with zero attached hydrogens (tertiary/aromatic N) is 2. The van der Waals surface area contributed by atoms with Crippen molar-refractivity contribution in [2.24, 2.45) is 0 Å². The summed E-state index contributed by atoms with van der Waals surface area (Å²) >= 11 is 0. The highest BCUT2D eigenvalue weighted by Gasteiger charge is 2.02. The second kappa shape index (κ2) is 3.25. The van der Waals surface area contributed by atoms with Crippen LogP contribution in [0, 0.1) is 19.7 Å². The molecule has 0 atom stereocenters. The molecule has 2 nitrogen and oxygen atoms in total. The Kier molecular flexibility index (Phi) is 2.08. The number of aromatic nitrogens is 2. The summed E-state index contributed by atoms with van der Waals surface area (Å²) in [6, 6.07) is 8.30. The summed E-state index contributed by atoms with van der Waals surface area (Å²) in [6.45, 7) is 3.91. The van der Waals surface area contributed by atoms with Crippen LogP contribution in [0.5, 0.6) is 0 Å². The first-order valence-corrected chi connectivity index (χ1v) is 4.46. The van der Waals surface area contributed by atoms with Gasteiger partial charge in [-0.2, -0.15) is 5.10 Å². The molecular weight excluding hydrogens is 179 g/mol. The lowest BCUT2D eigenvalue weighted by Gasteiger charge is -2.03. The molecule has 0 aliphatic heterocycles. The zero-order valence-electron chi connectivity index (χ0n) is 8.16. The van der Waals surface area contributed by atoms with Gasteiger partial charge in [-0.05, 0) is 44.2 Å². The zero-order valence-corrected chi connectivity index (χ0v) is 8.16. The number of hydrogen-bond donors (Lipinski definition) is 0. The highest BCUT2D eigenvalue weighted by atomic mass is 19.1. The van der Waals surface area contributed by atoms with Crippen LogP contribution in [0.3, 0.4) is 0 Å². The summed E-state index contributed by atoms with van der Waals surface area (Å²) in [7, 11) is 0. The average Bonchev–Trinajstić information content (AvgIpc) is 2.47. The van der Waals surface area contributed by atoms with Gasteiger partial charge >= 0.3 is 0 Å². The molecule has 0 radical (unpaired) electrons. The Morgan fingerprint density at radius 3 is 2.29 bits per heavy atom. The van der Waals surface area contributed by atoms with Crippen LogP contribution in [-0.2, 0) is 0 Å². The summed E-state index contributed by atoms with van der Waals surface area (Å²) < 4.78 is 14.5. The van der Waals surface area contributed by atoms with E-state index in [-0.39, 0.29) is 5.82 Å². The predicted molar refractivity (Wildman–Crippen MR) is 53.0 cm³/mol.